The van der Waals surface area contributed by atoms with E-state index in [1.165, 1.54) is 23.5 Å². The zero-order valence-corrected chi connectivity index (χ0v) is 13.9. The summed E-state index contributed by atoms with van der Waals surface area (Å²) < 4.78 is 18.3. The molecule has 1 aromatic heterocycles. The second-order valence-corrected chi connectivity index (χ2v) is 6.17. The number of ether oxygens (including phenoxy) is 1. The number of amides is 1. The van der Waals surface area contributed by atoms with Gasteiger partial charge in [0.15, 0.2) is 0 Å². The van der Waals surface area contributed by atoms with E-state index in [-0.39, 0.29) is 18.3 Å². The summed E-state index contributed by atoms with van der Waals surface area (Å²) in [5.41, 5.74) is 1.37. The minimum Gasteiger partial charge on any atom is -0.457 e. The molecule has 126 valence electrons. The Morgan fingerprint density at radius 2 is 1.88 bits per heavy atom. The molecule has 0 spiro atoms. The summed E-state index contributed by atoms with van der Waals surface area (Å²) in [4.78, 5) is 24.8. The molecule has 25 heavy (non-hydrogen) atoms. The van der Waals surface area contributed by atoms with Crippen LogP contribution in [0.25, 0.3) is 0 Å². The number of benzene rings is 2. The van der Waals surface area contributed by atoms with Gasteiger partial charge in [-0.15, -0.1) is 11.3 Å². The first-order valence-corrected chi connectivity index (χ1v) is 8.36. The van der Waals surface area contributed by atoms with Crippen LogP contribution in [0.2, 0.25) is 0 Å². The van der Waals surface area contributed by atoms with Crippen molar-refractivity contribution in [2.75, 3.05) is 5.32 Å². The zero-order valence-electron chi connectivity index (χ0n) is 13.1. The van der Waals surface area contributed by atoms with Gasteiger partial charge in [0.2, 0.25) is 0 Å². The van der Waals surface area contributed by atoms with Crippen molar-refractivity contribution in [2.45, 2.75) is 6.61 Å². The summed E-state index contributed by atoms with van der Waals surface area (Å²) in [6.07, 6.45) is 0. The standard InChI is InChI=1S/C19H14FNO3S/c20-15-6-1-4-13(10-15)12-24-19(23)14-5-2-7-16(11-14)21-18(22)17-8-3-9-25-17/h1-11H,12H2,(H,21,22). The maximum Gasteiger partial charge on any atom is 0.338 e. The van der Waals surface area contributed by atoms with Crippen LogP contribution in [0.3, 0.4) is 0 Å². The van der Waals surface area contributed by atoms with Crippen LogP contribution in [0.4, 0.5) is 10.1 Å². The van der Waals surface area contributed by atoms with Crippen molar-refractivity contribution < 1.29 is 18.7 Å². The van der Waals surface area contributed by atoms with Gasteiger partial charge in [0.05, 0.1) is 10.4 Å². The molecule has 0 saturated heterocycles. The molecule has 0 saturated carbocycles. The van der Waals surface area contributed by atoms with Crippen LogP contribution < -0.4 is 5.32 Å². The van der Waals surface area contributed by atoms with Crippen molar-refractivity contribution in [3.05, 3.63) is 87.9 Å². The fraction of sp³-hybridized carbons (Fsp3) is 0.0526. The average molecular weight is 355 g/mol. The molecule has 0 radical (unpaired) electrons. The van der Waals surface area contributed by atoms with Crippen LogP contribution in [0, 0.1) is 5.82 Å². The van der Waals surface area contributed by atoms with Crippen molar-refractivity contribution in [1.29, 1.82) is 0 Å². The van der Waals surface area contributed by atoms with E-state index in [9.17, 15) is 14.0 Å². The molecule has 3 rings (SSSR count). The number of esters is 1. The maximum absolute atomic E-state index is 13.1. The highest BCUT2D eigenvalue weighted by atomic mass is 32.1. The molecule has 0 fully saturated rings. The van der Waals surface area contributed by atoms with Gasteiger partial charge >= 0.3 is 5.97 Å². The Bertz CT molecular complexity index is 893. The monoisotopic (exact) mass is 355 g/mol. The third-order valence-corrected chi connectivity index (χ3v) is 4.23. The van der Waals surface area contributed by atoms with E-state index in [0.717, 1.165) is 0 Å². The Kier molecular flexibility index (Phi) is 5.20. The zero-order chi connectivity index (χ0) is 17.6. The number of carbonyl (C=O) groups excluding carboxylic acids is 2. The topological polar surface area (TPSA) is 55.4 Å². The summed E-state index contributed by atoms with van der Waals surface area (Å²) in [5, 5.41) is 4.55. The van der Waals surface area contributed by atoms with Crippen molar-refractivity contribution in [2.24, 2.45) is 0 Å². The lowest BCUT2D eigenvalue weighted by Crippen LogP contribution is -2.11. The lowest BCUT2D eigenvalue weighted by Gasteiger charge is -2.08. The molecular formula is C19H14FNO3S. The molecule has 2 aromatic carbocycles. The smallest absolute Gasteiger partial charge is 0.338 e. The lowest BCUT2D eigenvalue weighted by atomic mass is 10.2. The van der Waals surface area contributed by atoms with Gasteiger partial charge in [-0.05, 0) is 47.3 Å². The van der Waals surface area contributed by atoms with Crippen LogP contribution in [0.1, 0.15) is 25.6 Å². The van der Waals surface area contributed by atoms with Crippen LogP contribution in [0.15, 0.2) is 66.0 Å². The van der Waals surface area contributed by atoms with Gasteiger partial charge in [0, 0.05) is 5.69 Å². The number of hydrogen-bond donors (Lipinski definition) is 1. The Labute approximate surface area is 147 Å². The molecule has 1 N–H and O–H groups in total. The molecule has 0 aliphatic carbocycles. The van der Waals surface area contributed by atoms with Gasteiger partial charge in [-0.25, -0.2) is 9.18 Å². The Balaban J connectivity index is 1.64. The van der Waals surface area contributed by atoms with Gasteiger partial charge in [0.25, 0.3) is 5.91 Å². The third-order valence-electron chi connectivity index (χ3n) is 3.36. The van der Waals surface area contributed by atoms with E-state index in [1.807, 2.05) is 5.38 Å². The van der Waals surface area contributed by atoms with Crippen molar-refractivity contribution >= 4 is 28.9 Å². The number of rotatable bonds is 5. The number of carbonyl (C=O) groups is 2. The fourth-order valence-electron chi connectivity index (χ4n) is 2.18. The highest BCUT2D eigenvalue weighted by Gasteiger charge is 2.11. The molecule has 4 nitrogen and oxygen atoms in total. The summed E-state index contributed by atoms with van der Waals surface area (Å²) in [6, 6.07) is 15.9. The van der Waals surface area contributed by atoms with Gasteiger partial charge < -0.3 is 10.1 Å². The molecule has 0 bridgehead atoms. The summed E-state index contributed by atoms with van der Waals surface area (Å²) in [6.45, 7) is -0.0254. The molecule has 0 atom stereocenters. The number of anilines is 1. The number of halogens is 1. The van der Waals surface area contributed by atoms with Crippen LogP contribution >= 0.6 is 11.3 Å². The van der Waals surface area contributed by atoms with Gasteiger partial charge in [0.1, 0.15) is 12.4 Å². The second kappa shape index (κ2) is 7.72. The Morgan fingerprint density at radius 3 is 2.64 bits per heavy atom. The number of nitrogens with one attached hydrogen (secondary N) is 1. The van der Waals surface area contributed by atoms with Crippen molar-refractivity contribution in [1.82, 2.24) is 0 Å². The largest absolute Gasteiger partial charge is 0.457 e. The summed E-state index contributed by atoms with van der Waals surface area (Å²) in [7, 11) is 0. The van der Waals surface area contributed by atoms with Gasteiger partial charge in [-0.2, -0.15) is 0 Å². The van der Waals surface area contributed by atoms with E-state index in [2.05, 4.69) is 5.32 Å². The first-order valence-electron chi connectivity index (χ1n) is 7.48. The SMILES string of the molecule is O=C(OCc1cccc(F)c1)c1cccc(NC(=O)c2cccs2)c1. The summed E-state index contributed by atoms with van der Waals surface area (Å²) in [5.74, 6) is -1.16. The number of hydrogen-bond acceptors (Lipinski definition) is 4. The van der Waals surface area contributed by atoms with E-state index in [1.54, 1.807) is 48.5 Å². The third kappa shape index (κ3) is 4.51. The van der Waals surface area contributed by atoms with E-state index in [0.29, 0.717) is 21.7 Å². The molecular weight excluding hydrogens is 341 g/mol. The molecule has 0 aliphatic heterocycles. The second-order valence-electron chi connectivity index (χ2n) is 5.22. The lowest BCUT2D eigenvalue weighted by molar-refractivity contribution is 0.0472. The first kappa shape index (κ1) is 16.9. The van der Waals surface area contributed by atoms with Gasteiger partial charge in [-0.3, -0.25) is 4.79 Å². The number of thiophene rings is 1. The van der Waals surface area contributed by atoms with Crippen molar-refractivity contribution in [3.63, 3.8) is 0 Å². The predicted octanol–water partition coefficient (Wildman–Crippen LogP) is 4.50. The Morgan fingerprint density at radius 1 is 1.04 bits per heavy atom. The first-order chi connectivity index (χ1) is 12.1. The molecule has 0 unspecified atom stereocenters. The highest BCUT2D eigenvalue weighted by molar-refractivity contribution is 7.12. The molecule has 0 aliphatic rings. The average Bonchev–Trinajstić information content (AvgIpc) is 3.15. The van der Waals surface area contributed by atoms with Crippen molar-refractivity contribution in [3.8, 4) is 0 Å². The van der Waals surface area contributed by atoms with E-state index in [4.69, 9.17) is 4.74 Å². The highest BCUT2D eigenvalue weighted by Crippen LogP contribution is 2.16. The molecule has 3 aromatic rings. The van der Waals surface area contributed by atoms with Gasteiger partial charge in [-0.1, -0.05) is 24.3 Å². The normalized spacial score (nSPS) is 10.3. The van der Waals surface area contributed by atoms with E-state index >= 15 is 0 Å². The van der Waals surface area contributed by atoms with Crippen LogP contribution in [-0.4, -0.2) is 11.9 Å². The minimum absolute atomic E-state index is 0.0254. The Hall–Kier alpha value is -2.99. The van der Waals surface area contributed by atoms with E-state index < -0.39 is 5.97 Å². The fourth-order valence-corrected chi connectivity index (χ4v) is 2.80. The molecule has 1 heterocycles. The summed E-state index contributed by atoms with van der Waals surface area (Å²) >= 11 is 1.33. The maximum atomic E-state index is 13.1. The molecule has 1 amide bonds. The quantitative estimate of drug-likeness (QED) is 0.686. The van der Waals surface area contributed by atoms with Crippen LogP contribution in [0.5, 0.6) is 0 Å². The van der Waals surface area contributed by atoms with Crippen LogP contribution in [-0.2, 0) is 11.3 Å². The minimum atomic E-state index is -0.545. The predicted molar refractivity (Wildman–Crippen MR) is 94.2 cm³/mol. The molecule has 6 heteroatoms.